The van der Waals surface area contributed by atoms with E-state index in [2.05, 4.69) is 30.9 Å². The number of nitrogens with one attached hydrogen (secondary N) is 6. The van der Waals surface area contributed by atoms with Crippen molar-refractivity contribution < 1.29 is 37.1 Å². The van der Waals surface area contributed by atoms with Gasteiger partial charge in [0.2, 0.25) is 11.8 Å². The number of H-pyrrole nitrogens is 2. The summed E-state index contributed by atoms with van der Waals surface area (Å²) in [5, 5.41) is 10.5. The van der Waals surface area contributed by atoms with Gasteiger partial charge >= 0.3 is 18.0 Å². The van der Waals surface area contributed by atoms with Crippen LogP contribution < -0.4 is 27.0 Å². The molecule has 1 saturated carbocycles. The number of benzene rings is 2. The van der Waals surface area contributed by atoms with E-state index < -0.39 is 41.8 Å². The molecular weight excluding hydrogens is 719 g/mol. The van der Waals surface area contributed by atoms with Crippen molar-refractivity contribution in [3.8, 4) is 11.1 Å². The molecule has 1 fully saturated rings. The minimum atomic E-state index is -4.59. The topological polar surface area (TPSA) is 187 Å². The summed E-state index contributed by atoms with van der Waals surface area (Å²) in [6.07, 6.45) is -2.32. The van der Waals surface area contributed by atoms with Gasteiger partial charge in [0, 0.05) is 35.8 Å². The molecule has 2 unspecified atom stereocenters. The van der Waals surface area contributed by atoms with Crippen LogP contribution in [0.15, 0.2) is 59.4 Å². The molecular formula is C39H46F3N7O6. The number of rotatable bonds is 11. The molecule has 2 atom stereocenters. The van der Waals surface area contributed by atoms with E-state index in [1.165, 1.54) is 6.07 Å². The number of alkyl carbamates (subject to hydrolysis) is 1. The summed E-state index contributed by atoms with van der Waals surface area (Å²) in [7, 11) is 0. The van der Waals surface area contributed by atoms with Crippen LogP contribution in [0.1, 0.15) is 75.1 Å². The fourth-order valence-corrected chi connectivity index (χ4v) is 6.41. The Morgan fingerprint density at radius 3 is 2.22 bits per heavy atom. The number of nitrogens with zero attached hydrogens (tertiary/aromatic N) is 1. The number of carbonyl (C=O) groups excluding carboxylic acids is 4. The Kier molecular flexibility index (Phi) is 12.4. The molecule has 0 radical (unpaired) electrons. The normalized spacial score (nSPS) is 17.2. The molecule has 13 nitrogen and oxygen atoms in total. The number of hydrogen-bond donors (Lipinski definition) is 6. The van der Waals surface area contributed by atoms with Gasteiger partial charge in [-0.15, -0.1) is 0 Å². The first kappa shape index (κ1) is 40.5. The molecule has 2 heterocycles. The summed E-state index contributed by atoms with van der Waals surface area (Å²) in [4.78, 5) is 73.2. The second-order valence-electron chi connectivity index (χ2n) is 15.0. The molecule has 0 aliphatic heterocycles. The number of aromatic nitrogens is 3. The summed E-state index contributed by atoms with van der Waals surface area (Å²) < 4.78 is 44.1. The Balaban J connectivity index is 1.26. The molecule has 4 amide bonds. The van der Waals surface area contributed by atoms with Crippen molar-refractivity contribution in [2.24, 2.45) is 11.8 Å². The molecule has 0 saturated heterocycles. The highest BCUT2D eigenvalue weighted by Crippen LogP contribution is 2.29. The van der Waals surface area contributed by atoms with E-state index >= 15 is 0 Å². The third-order valence-corrected chi connectivity index (χ3v) is 9.43. The number of carbonyl (C=O) groups is 4. The van der Waals surface area contributed by atoms with E-state index in [1.54, 1.807) is 76.2 Å². The van der Waals surface area contributed by atoms with Crippen LogP contribution in [0.5, 0.6) is 0 Å². The van der Waals surface area contributed by atoms with Crippen molar-refractivity contribution in [2.45, 2.75) is 90.6 Å². The van der Waals surface area contributed by atoms with E-state index in [0.29, 0.717) is 60.2 Å². The molecule has 2 aromatic heterocycles. The highest BCUT2D eigenvalue weighted by atomic mass is 19.4. The Bertz CT molecular complexity index is 2080. The van der Waals surface area contributed by atoms with E-state index in [4.69, 9.17) is 4.74 Å². The van der Waals surface area contributed by atoms with Crippen molar-refractivity contribution in [1.82, 2.24) is 30.9 Å². The van der Waals surface area contributed by atoms with Crippen molar-refractivity contribution >= 4 is 40.5 Å². The maximum absolute atomic E-state index is 13.8. The maximum Gasteiger partial charge on any atom is 0.408 e. The Hall–Kier alpha value is -5.67. The molecule has 1 aliphatic carbocycles. The highest BCUT2D eigenvalue weighted by Gasteiger charge is 2.37. The lowest BCUT2D eigenvalue weighted by Gasteiger charge is -2.29. The van der Waals surface area contributed by atoms with Crippen molar-refractivity contribution in [1.29, 1.82) is 0 Å². The molecule has 55 heavy (non-hydrogen) atoms. The zero-order valence-corrected chi connectivity index (χ0v) is 31.3. The third-order valence-electron chi connectivity index (χ3n) is 9.43. The first-order valence-electron chi connectivity index (χ1n) is 18.1. The zero-order valence-electron chi connectivity index (χ0n) is 31.3. The SMILES string of the molecule is Cc1nc(C(=O)NC(C)C(F)(F)F)ccc1-c1ccc(CC(NC(=O)C2CCC(CNC(=O)OC(C)(C)C)CC2)C(=O)Nc2ccc3[nH]c(=O)[nH]c3c2)cc1. The second kappa shape index (κ2) is 16.8. The summed E-state index contributed by atoms with van der Waals surface area (Å²) in [6.45, 7) is 8.32. The number of fused-ring (bicyclic) bond motifs is 1. The van der Waals surface area contributed by atoms with Gasteiger partial charge in [-0.3, -0.25) is 14.4 Å². The molecule has 6 N–H and O–H groups in total. The van der Waals surface area contributed by atoms with Crippen LogP contribution in [-0.4, -0.2) is 69.2 Å². The predicted octanol–water partition coefficient (Wildman–Crippen LogP) is 5.90. The van der Waals surface area contributed by atoms with Crippen molar-refractivity contribution in [3.63, 3.8) is 0 Å². The zero-order chi connectivity index (χ0) is 40.1. The fraction of sp³-hybridized carbons (Fsp3) is 0.436. The quantitative estimate of drug-likeness (QED) is 0.110. The minimum absolute atomic E-state index is 0.143. The predicted molar refractivity (Wildman–Crippen MR) is 200 cm³/mol. The Morgan fingerprint density at radius 1 is 0.909 bits per heavy atom. The number of anilines is 1. The van der Waals surface area contributed by atoms with Crippen LogP contribution in [-0.2, 0) is 20.7 Å². The fourth-order valence-electron chi connectivity index (χ4n) is 6.41. The van der Waals surface area contributed by atoms with Crippen LogP contribution in [0.4, 0.5) is 23.7 Å². The van der Waals surface area contributed by atoms with Crippen LogP contribution in [0.25, 0.3) is 22.2 Å². The first-order valence-corrected chi connectivity index (χ1v) is 18.1. The smallest absolute Gasteiger partial charge is 0.408 e. The van der Waals surface area contributed by atoms with Crippen molar-refractivity contribution in [2.75, 3.05) is 11.9 Å². The van der Waals surface area contributed by atoms with Gasteiger partial charge in [0.25, 0.3) is 5.91 Å². The number of aryl methyl sites for hydroxylation is 1. The van der Waals surface area contributed by atoms with Gasteiger partial charge in [-0.2, -0.15) is 13.2 Å². The van der Waals surface area contributed by atoms with Crippen molar-refractivity contribution in [3.05, 3.63) is 82.0 Å². The van der Waals surface area contributed by atoms with E-state index in [-0.39, 0.29) is 35.5 Å². The van der Waals surface area contributed by atoms with Gasteiger partial charge in [-0.1, -0.05) is 30.3 Å². The van der Waals surface area contributed by atoms with E-state index in [1.807, 2.05) is 5.32 Å². The van der Waals surface area contributed by atoms with Gasteiger partial charge in [0.15, 0.2) is 0 Å². The van der Waals surface area contributed by atoms with Gasteiger partial charge in [0.05, 0.1) is 11.0 Å². The Morgan fingerprint density at radius 2 is 1.58 bits per heavy atom. The number of hydrogen-bond acceptors (Lipinski definition) is 7. The molecule has 2 aromatic carbocycles. The maximum atomic E-state index is 13.8. The second-order valence-corrected chi connectivity index (χ2v) is 15.0. The molecule has 1 aliphatic rings. The number of aromatic amines is 2. The lowest BCUT2D eigenvalue weighted by atomic mass is 9.81. The number of imidazole rings is 1. The van der Waals surface area contributed by atoms with Crippen LogP contribution in [0, 0.1) is 18.8 Å². The van der Waals surface area contributed by atoms with Gasteiger partial charge in [0.1, 0.15) is 23.4 Å². The third kappa shape index (κ3) is 11.2. The average Bonchev–Trinajstić information content (AvgIpc) is 3.49. The van der Waals surface area contributed by atoms with Gasteiger partial charge < -0.3 is 36.0 Å². The van der Waals surface area contributed by atoms with Crippen LogP contribution >= 0.6 is 0 Å². The molecule has 4 aromatic rings. The van der Waals surface area contributed by atoms with Gasteiger partial charge in [-0.25, -0.2) is 14.6 Å². The number of alkyl halides is 3. The summed E-state index contributed by atoms with van der Waals surface area (Å²) in [5.74, 6) is -1.79. The molecule has 0 bridgehead atoms. The molecule has 294 valence electrons. The number of amides is 4. The van der Waals surface area contributed by atoms with Gasteiger partial charge in [-0.05, 0) is 102 Å². The molecule has 16 heteroatoms. The van der Waals surface area contributed by atoms with E-state index in [9.17, 15) is 37.1 Å². The lowest BCUT2D eigenvalue weighted by molar-refractivity contribution is -0.149. The van der Waals surface area contributed by atoms with Crippen LogP contribution in [0.2, 0.25) is 0 Å². The summed E-state index contributed by atoms with van der Waals surface area (Å²) in [5.41, 5.74) is 2.91. The van der Waals surface area contributed by atoms with E-state index in [0.717, 1.165) is 18.1 Å². The Labute approximate surface area is 315 Å². The van der Waals surface area contributed by atoms with Crippen LogP contribution in [0.3, 0.4) is 0 Å². The summed E-state index contributed by atoms with van der Waals surface area (Å²) >= 11 is 0. The number of halogens is 3. The monoisotopic (exact) mass is 765 g/mol. The highest BCUT2D eigenvalue weighted by molar-refractivity contribution is 5.99. The average molecular weight is 766 g/mol. The molecule has 0 spiro atoms. The minimum Gasteiger partial charge on any atom is -0.444 e. The number of ether oxygens (including phenoxy) is 1. The summed E-state index contributed by atoms with van der Waals surface area (Å²) in [6, 6.07) is 12.1. The standard InChI is InChI=1S/C39H46F3N7O6/c1-21-28(15-17-30(44-21)34(51)45-22(2)39(40,41)42)25-10-6-23(7-11-25)18-32(35(52)46-27-14-16-29-31(19-27)49-36(53)48-29)47-33(50)26-12-8-24(9-13-26)20-43-37(54)55-38(3,4)5/h6-7,10-11,14-17,19,22,24,26,32H,8-9,12-13,18,20H2,1-5H3,(H,43,54)(H,45,51)(H,46,52)(H,47,50)(H2,48,49,53). The first-order chi connectivity index (χ1) is 25.8. The molecule has 5 rings (SSSR count). The lowest BCUT2D eigenvalue weighted by Crippen LogP contribution is -2.48. The number of pyridine rings is 1. The largest absolute Gasteiger partial charge is 0.444 e.